The van der Waals surface area contributed by atoms with E-state index in [1.54, 1.807) is 0 Å². The maximum Gasteiger partial charge on any atom is 0.306 e. The summed E-state index contributed by atoms with van der Waals surface area (Å²) < 4.78 is 16.9. The Kier molecular flexibility index (Phi) is 67.1. The van der Waals surface area contributed by atoms with Crippen LogP contribution in [0.25, 0.3) is 0 Å². The number of carbonyl (C=O) groups is 3. The molecule has 0 aliphatic rings. The van der Waals surface area contributed by atoms with Gasteiger partial charge in [0.2, 0.25) is 0 Å². The summed E-state index contributed by atoms with van der Waals surface area (Å²) in [5, 5.41) is 0. The predicted molar refractivity (Wildman–Crippen MR) is 353 cm³/mol. The number of esters is 3. The minimum Gasteiger partial charge on any atom is -0.462 e. The van der Waals surface area contributed by atoms with Crippen molar-refractivity contribution >= 4 is 17.9 Å². The lowest BCUT2D eigenvalue weighted by Gasteiger charge is -2.18. The van der Waals surface area contributed by atoms with Gasteiger partial charge in [0.05, 0.1) is 0 Å². The molecule has 0 N–H and O–H groups in total. The quantitative estimate of drug-likeness (QED) is 0.0261. The molecule has 0 rings (SSSR count). The Morgan fingerprint density at radius 3 is 0.790 bits per heavy atom. The first kappa shape index (κ1) is 78.1. The molecule has 6 nitrogen and oxygen atoms in total. The first-order valence-corrected chi connectivity index (χ1v) is 35.8. The number of rotatable bonds is 66. The lowest BCUT2D eigenvalue weighted by atomic mass is 10.0. The van der Waals surface area contributed by atoms with Crippen molar-refractivity contribution in [1.29, 1.82) is 0 Å². The van der Waals surface area contributed by atoms with Gasteiger partial charge in [0.1, 0.15) is 13.2 Å². The van der Waals surface area contributed by atoms with Gasteiger partial charge in [-0.15, -0.1) is 0 Å². The normalized spacial score (nSPS) is 12.4. The van der Waals surface area contributed by atoms with Gasteiger partial charge in [-0.1, -0.05) is 338 Å². The minimum atomic E-state index is -0.789. The highest BCUT2D eigenvalue weighted by molar-refractivity contribution is 5.71. The lowest BCUT2D eigenvalue weighted by molar-refractivity contribution is -0.167. The molecule has 0 aromatic carbocycles. The molecule has 1 atom stereocenters. The van der Waals surface area contributed by atoms with Crippen LogP contribution in [-0.4, -0.2) is 37.2 Å². The standard InChI is InChI=1S/C75H136O6/c1-4-7-10-13-16-19-22-25-28-30-31-32-33-34-35-36-37-38-39-40-41-42-43-45-47-50-53-56-59-62-65-68-74(77)80-71-72(70-79-73(76)67-64-61-58-55-52-49-46-27-24-21-18-15-12-9-6-3)81-75(78)69-66-63-60-57-54-51-48-44-29-26-23-20-17-14-11-8-5-2/h9,12,18,21,27,30-31,46,52,55,72H,4-8,10-11,13-17,19-20,22-26,28-29,32-45,47-51,53-54,56-71H2,1-3H3/b12-9-,21-18-,31-30-,46-27-,55-52-. The Balaban J connectivity index is 4.20. The lowest BCUT2D eigenvalue weighted by Crippen LogP contribution is -2.30. The van der Waals surface area contributed by atoms with Gasteiger partial charge in [-0.3, -0.25) is 14.4 Å². The van der Waals surface area contributed by atoms with Gasteiger partial charge in [-0.25, -0.2) is 0 Å². The molecule has 0 heterocycles. The third-order valence-electron chi connectivity index (χ3n) is 16.0. The molecule has 0 saturated heterocycles. The Morgan fingerprint density at radius 1 is 0.259 bits per heavy atom. The summed E-state index contributed by atoms with van der Waals surface area (Å²) >= 11 is 0. The van der Waals surface area contributed by atoms with E-state index < -0.39 is 6.10 Å². The van der Waals surface area contributed by atoms with Gasteiger partial charge in [0.25, 0.3) is 0 Å². The van der Waals surface area contributed by atoms with E-state index in [1.165, 1.54) is 257 Å². The number of carbonyl (C=O) groups excluding carboxylic acids is 3. The predicted octanol–water partition coefficient (Wildman–Crippen LogP) is 24.7. The molecule has 81 heavy (non-hydrogen) atoms. The van der Waals surface area contributed by atoms with Crippen LogP contribution in [0.4, 0.5) is 0 Å². The van der Waals surface area contributed by atoms with Crippen molar-refractivity contribution in [3.8, 4) is 0 Å². The zero-order valence-electron chi connectivity index (χ0n) is 54.3. The van der Waals surface area contributed by atoms with Crippen molar-refractivity contribution in [1.82, 2.24) is 0 Å². The first-order chi connectivity index (χ1) is 40.0. The van der Waals surface area contributed by atoms with Gasteiger partial charge >= 0.3 is 17.9 Å². The van der Waals surface area contributed by atoms with Gasteiger partial charge < -0.3 is 14.2 Å². The van der Waals surface area contributed by atoms with E-state index in [9.17, 15) is 14.4 Å². The molecule has 0 saturated carbocycles. The summed E-state index contributed by atoms with van der Waals surface area (Å²) in [6.45, 7) is 6.55. The van der Waals surface area contributed by atoms with Crippen molar-refractivity contribution in [2.75, 3.05) is 13.2 Å². The van der Waals surface area contributed by atoms with E-state index in [-0.39, 0.29) is 31.1 Å². The number of hydrogen-bond donors (Lipinski definition) is 0. The summed E-state index contributed by atoms with van der Waals surface area (Å²) in [5.74, 6) is -0.901. The Bertz CT molecular complexity index is 1440. The highest BCUT2D eigenvalue weighted by Crippen LogP contribution is 2.18. The van der Waals surface area contributed by atoms with Crippen LogP contribution in [0.2, 0.25) is 0 Å². The van der Waals surface area contributed by atoms with Crippen LogP contribution >= 0.6 is 0 Å². The minimum absolute atomic E-state index is 0.0825. The molecule has 1 unspecified atom stereocenters. The van der Waals surface area contributed by atoms with Gasteiger partial charge in [-0.05, 0) is 83.5 Å². The molecule has 472 valence electrons. The average molecular weight is 1130 g/mol. The molecule has 0 aromatic rings. The molecule has 6 heteroatoms. The van der Waals surface area contributed by atoms with Crippen molar-refractivity contribution in [3.05, 3.63) is 60.8 Å². The van der Waals surface area contributed by atoms with Crippen molar-refractivity contribution in [2.45, 2.75) is 386 Å². The molecule has 0 radical (unpaired) electrons. The van der Waals surface area contributed by atoms with E-state index in [0.29, 0.717) is 19.3 Å². The van der Waals surface area contributed by atoms with Gasteiger partial charge in [0, 0.05) is 19.3 Å². The number of hydrogen-bond acceptors (Lipinski definition) is 6. The molecule has 0 spiro atoms. The van der Waals surface area contributed by atoms with Crippen molar-refractivity contribution in [3.63, 3.8) is 0 Å². The number of allylic oxidation sites excluding steroid dienone is 10. The molecule has 0 bridgehead atoms. The monoisotopic (exact) mass is 1130 g/mol. The van der Waals surface area contributed by atoms with E-state index in [1.807, 2.05) is 0 Å². The SMILES string of the molecule is CC/C=C\C/C=C\C/C=C\C/C=C\CCCCC(=O)OCC(COC(=O)CCCCCCCCCCCCCCCCCCCCC/C=C\CCCCCCCCCC)OC(=O)CCCCCCCCCCCCCCCCCCC. The topological polar surface area (TPSA) is 78.9 Å². The maximum atomic E-state index is 12.9. The molecule has 0 aromatic heterocycles. The van der Waals surface area contributed by atoms with Crippen LogP contribution in [0.5, 0.6) is 0 Å². The smallest absolute Gasteiger partial charge is 0.306 e. The van der Waals surface area contributed by atoms with E-state index in [2.05, 4.69) is 81.5 Å². The second kappa shape index (κ2) is 69.6. The summed E-state index contributed by atoms with van der Waals surface area (Å²) in [7, 11) is 0. The Morgan fingerprint density at radius 2 is 0.481 bits per heavy atom. The van der Waals surface area contributed by atoms with Crippen LogP contribution in [-0.2, 0) is 28.6 Å². The molecule has 0 amide bonds. The fourth-order valence-corrected chi connectivity index (χ4v) is 10.7. The second-order valence-electron chi connectivity index (χ2n) is 24.1. The van der Waals surface area contributed by atoms with E-state index in [0.717, 1.165) is 83.5 Å². The van der Waals surface area contributed by atoms with E-state index >= 15 is 0 Å². The van der Waals surface area contributed by atoms with Crippen LogP contribution in [0, 0.1) is 0 Å². The number of ether oxygens (including phenoxy) is 3. The Hall–Kier alpha value is -2.89. The average Bonchev–Trinajstić information content (AvgIpc) is 3.47. The fourth-order valence-electron chi connectivity index (χ4n) is 10.7. The molecule has 0 aliphatic carbocycles. The zero-order chi connectivity index (χ0) is 58.5. The van der Waals surface area contributed by atoms with Crippen LogP contribution in [0.3, 0.4) is 0 Å². The highest BCUT2D eigenvalue weighted by Gasteiger charge is 2.19. The Labute approximate surface area is 504 Å². The first-order valence-electron chi connectivity index (χ1n) is 35.8. The second-order valence-corrected chi connectivity index (χ2v) is 24.1. The fraction of sp³-hybridized carbons (Fsp3) is 0.827. The maximum absolute atomic E-state index is 12.9. The molecular formula is C75H136O6. The van der Waals surface area contributed by atoms with Gasteiger partial charge in [-0.2, -0.15) is 0 Å². The summed E-state index contributed by atoms with van der Waals surface area (Å²) in [4.78, 5) is 38.4. The summed E-state index contributed by atoms with van der Waals surface area (Å²) in [6.07, 6.45) is 89.8. The summed E-state index contributed by atoms with van der Waals surface area (Å²) in [5.41, 5.74) is 0. The van der Waals surface area contributed by atoms with Crippen molar-refractivity contribution < 1.29 is 28.6 Å². The van der Waals surface area contributed by atoms with Crippen LogP contribution < -0.4 is 0 Å². The largest absolute Gasteiger partial charge is 0.462 e. The molecule has 0 fully saturated rings. The zero-order valence-corrected chi connectivity index (χ0v) is 54.3. The third-order valence-corrected chi connectivity index (χ3v) is 16.0. The van der Waals surface area contributed by atoms with E-state index in [4.69, 9.17) is 14.2 Å². The third kappa shape index (κ3) is 67.8. The summed E-state index contributed by atoms with van der Waals surface area (Å²) in [6, 6.07) is 0. The van der Waals surface area contributed by atoms with Gasteiger partial charge in [0.15, 0.2) is 6.10 Å². The molecule has 0 aliphatic heterocycles. The van der Waals surface area contributed by atoms with Crippen LogP contribution in [0.15, 0.2) is 60.8 Å². The van der Waals surface area contributed by atoms with Crippen LogP contribution in [0.1, 0.15) is 380 Å². The van der Waals surface area contributed by atoms with Crippen molar-refractivity contribution in [2.24, 2.45) is 0 Å². The molecular weight excluding hydrogens is 997 g/mol. The number of unbranched alkanes of at least 4 members (excludes halogenated alkanes) is 45. The highest BCUT2D eigenvalue weighted by atomic mass is 16.6.